The molecule has 0 amide bonds. The Morgan fingerprint density at radius 2 is 2.00 bits per heavy atom. The van der Waals surface area contributed by atoms with E-state index in [0.29, 0.717) is 6.54 Å². The van der Waals surface area contributed by atoms with Gasteiger partial charge in [0, 0.05) is 54.8 Å². The van der Waals surface area contributed by atoms with Crippen molar-refractivity contribution in [2.24, 2.45) is 5.73 Å². The van der Waals surface area contributed by atoms with Gasteiger partial charge in [-0.15, -0.1) is 0 Å². The van der Waals surface area contributed by atoms with Crippen LogP contribution in [0.1, 0.15) is 34.5 Å². The number of carbonyl (C=O) groups is 1. The van der Waals surface area contributed by atoms with Gasteiger partial charge in [0.05, 0.1) is 16.9 Å². The number of nitrogens with zero attached hydrogens (tertiary/aromatic N) is 3. The molecule has 2 aromatic heterocycles. The number of benzene rings is 1. The van der Waals surface area contributed by atoms with Crippen molar-refractivity contribution in [1.29, 1.82) is 0 Å². The molecule has 9 heteroatoms. The molecule has 1 aliphatic rings. The number of piperidine rings is 1. The van der Waals surface area contributed by atoms with Gasteiger partial charge >= 0.3 is 6.18 Å². The zero-order valence-corrected chi connectivity index (χ0v) is 17.8. The molecule has 33 heavy (non-hydrogen) atoms. The van der Waals surface area contributed by atoms with Crippen molar-refractivity contribution in [3.63, 3.8) is 0 Å². The van der Waals surface area contributed by atoms with Gasteiger partial charge in [0.2, 0.25) is 0 Å². The zero-order valence-electron chi connectivity index (χ0n) is 17.8. The van der Waals surface area contributed by atoms with E-state index in [2.05, 4.69) is 14.9 Å². The van der Waals surface area contributed by atoms with E-state index in [0.717, 1.165) is 42.8 Å². The van der Waals surface area contributed by atoms with Crippen LogP contribution in [0.3, 0.4) is 0 Å². The predicted octanol–water partition coefficient (Wildman–Crippen LogP) is 4.10. The molecule has 1 fully saturated rings. The average molecular weight is 455 g/mol. The highest BCUT2D eigenvalue weighted by molar-refractivity contribution is 6.01. The number of hydrogen-bond acceptors (Lipinski definition) is 6. The lowest BCUT2D eigenvalue weighted by molar-refractivity contribution is -0.137. The molecule has 4 rings (SSSR count). The summed E-state index contributed by atoms with van der Waals surface area (Å²) in [6.07, 6.45) is 0.766. The molecule has 3 heterocycles. The van der Waals surface area contributed by atoms with E-state index in [1.54, 1.807) is 12.4 Å². The summed E-state index contributed by atoms with van der Waals surface area (Å²) in [5, 5.41) is 0. The van der Waals surface area contributed by atoms with Gasteiger partial charge in [0.1, 0.15) is 5.69 Å². The van der Waals surface area contributed by atoms with Gasteiger partial charge in [-0.1, -0.05) is 12.1 Å². The van der Waals surface area contributed by atoms with Gasteiger partial charge in [0.15, 0.2) is 5.78 Å². The number of aromatic nitrogens is 2. The van der Waals surface area contributed by atoms with E-state index >= 15 is 0 Å². The maximum Gasteiger partial charge on any atom is 0.416 e. The van der Waals surface area contributed by atoms with E-state index in [4.69, 9.17) is 11.5 Å². The van der Waals surface area contributed by atoms with Crippen molar-refractivity contribution in [3.8, 4) is 11.3 Å². The number of alkyl halides is 3. The van der Waals surface area contributed by atoms with Crippen LogP contribution >= 0.6 is 0 Å². The van der Waals surface area contributed by atoms with Crippen molar-refractivity contribution < 1.29 is 18.0 Å². The minimum absolute atomic E-state index is 0.0121. The van der Waals surface area contributed by atoms with Crippen molar-refractivity contribution in [2.75, 3.05) is 23.7 Å². The molecular formula is C24H24F3N5O. The van der Waals surface area contributed by atoms with E-state index in [9.17, 15) is 18.0 Å². The molecule has 0 radical (unpaired) electrons. The summed E-state index contributed by atoms with van der Waals surface area (Å²) in [4.78, 5) is 23.8. The minimum atomic E-state index is -4.48. The Labute approximate surface area is 189 Å². The molecule has 1 atom stereocenters. The van der Waals surface area contributed by atoms with Crippen LogP contribution in [0, 0.1) is 0 Å². The van der Waals surface area contributed by atoms with Crippen molar-refractivity contribution in [2.45, 2.75) is 31.5 Å². The van der Waals surface area contributed by atoms with Crippen LogP contribution in [-0.2, 0) is 12.6 Å². The number of hydrogen-bond donors (Lipinski definition) is 2. The fourth-order valence-electron chi connectivity index (χ4n) is 4.06. The van der Waals surface area contributed by atoms with Gasteiger partial charge in [-0.3, -0.25) is 9.78 Å². The number of pyridine rings is 2. The smallest absolute Gasteiger partial charge is 0.397 e. The molecule has 6 nitrogen and oxygen atoms in total. The summed E-state index contributed by atoms with van der Waals surface area (Å²) in [5.41, 5.74) is 13.6. The topological polar surface area (TPSA) is 98.1 Å². The fourth-order valence-corrected chi connectivity index (χ4v) is 4.06. The highest BCUT2D eigenvalue weighted by Crippen LogP contribution is 2.32. The van der Waals surface area contributed by atoms with Gasteiger partial charge < -0.3 is 16.4 Å². The first kappa shape index (κ1) is 22.7. The Morgan fingerprint density at radius 1 is 1.18 bits per heavy atom. The Balaban J connectivity index is 1.62. The monoisotopic (exact) mass is 455 g/mol. The summed E-state index contributed by atoms with van der Waals surface area (Å²) >= 11 is 0. The molecule has 0 spiro atoms. The summed E-state index contributed by atoms with van der Waals surface area (Å²) < 4.78 is 39.3. The van der Waals surface area contributed by atoms with Gasteiger partial charge in [0.25, 0.3) is 0 Å². The van der Waals surface area contributed by atoms with Crippen LogP contribution in [0.5, 0.6) is 0 Å². The molecule has 1 aromatic carbocycles. The highest BCUT2D eigenvalue weighted by atomic mass is 19.4. The molecule has 0 aliphatic carbocycles. The Hall–Kier alpha value is -3.46. The molecule has 0 saturated carbocycles. The van der Waals surface area contributed by atoms with Gasteiger partial charge in [-0.05, 0) is 43.2 Å². The quantitative estimate of drug-likeness (QED) is 0.562. The average Bonchev–Trinajstić information content (AvgIpc) is 2.79. The SMILES string of the molecule is Nc1ccc(-c2cccc(C(F)(F)F)c2)nc1C(=O)Cc1cnccc1N1CCC[C@H](N)C1. The first-order valence-corrected chi connectivity index (χ1v) is 10.6. The van der Waals surface area contributed by atoms with E-state index in [-0.39, 0.29) is 40.9 Å². The molecule has 0 bridgehead atoms. The number of anilines is 2. The third kappa shape index (κ3) is 5.14. The minimum Gasteiger partial charge on any atom is -0.397 e. The second kappa shape index (κ2) is 9.19. The number of carbonyl (C=O) groups excluding carboxylic acids is 1. The molecule has 3 aromatic rings. The summed E-state index contributed by atoms with van der Waals surface area (Å²) in [7, 11) is 0. The fraction of sp³-hybridized carbons (Fsp3) is 0.292. The van der Waals surface area contributed by atoms with Crippen molar-refractivity contribution in [1.82, 2.24) is 9.97 Å². The number of nitrogen functional groups attached to an aromatic ring is 1. The number of ketones is 1. The molecule has 1 saturated heterocycles. The first-order chi connectivity index (χ1) is 15.7. The van der Waals surface area contributed by atoms with E-state index in [1.165, 1.54) is 24.3 Å². The molecule has 4 N–H and O–H groups in total. The number of nitrogens with two attached hydrogens (primary N) is 2. The molecule has 1 aliphatic heterocycles. The number of rotatable bonds is 5. The van der Waals surface area contributed by atoms with E-state index < -0.39 is 11.7 Å². The van der Waals surface area contributed by atoms with Crippen molar-refractivity contribution in [3.05, 3.63) is 71.7 Å². The standard InChI is InChI=1S/C24H24F3N5O/c25-24(26,27)17-4-1-3-15(11-17)20-7-6-19(29)23(31-20)22(33)12-16-13-30-9-8-21(16)32-10-2-5-18(28)14-32/h1,3-4,6-9,11,13,18H,2,5,10,12,14,28-29H2/t18-/m0/s1. The number of halogens is 3. The molecule has 172 valence electrons. The Bertz CT molecular complexity index is 1160. The van der Waals surface area contributed by atoms with Crippen molar-refractivity contribution >= 4 is 17.2 Å². The lowest BCUT2D eigenvalue weighted by Crippen LogP contribution is -2.43. The largest absolute Gasteiger partial charge is 0.416 e. The normalized spacial score (nSPS) is 16.6. The van der Waals surface area contributed by atoms with Crippen LogP contribution in [0.25, 0.3) is 11.3 Å². The summed E-state index contributed by atoms with van der Waals surface area (Å²) in [6, 6.07) is 9.74. The summed E-state index contributed by atoms with van der Waals surface area (Å²) in [5.74, 6) is -0.336. The van der Waals surface area contributed by atoms with E-state index in [1.807, 2.05) is 6.07 Å². The third-order valence-corrected chi connectivity index (χ3v) is 5.70. The summed E-state index contributed by atoms with van der Waals surface area (Å²) in [6.45, 7) is 1.53. The third-order valence-electron chi connectivity index (χ3n) is 5.70. The van der Waals surface area contributed by atoms with Crippen LogP contribution in [0.2, 0.25) is 0 Å². The maximum absolute atomic E-state index is 13.2. The first-order valence-electron chi connectivity index (χ1n) is 10.6. The van der Waals surface area contributed by atoms with Gasteiger partial charge in [-0.25, -0.2) is 4.98 Å². The Kier molecular flexibility index (Phi) is 6.33. The predicted molar refractivity (Wildman–Crippen MR) is 121 cm³/mol. The van der Waals surface area contributed by atoms with Crippen LogP contribution in [0.4, 0.5) is 24.5 Å². The zero-order chi connectivity index (χ0) is 23.6. The molecule has 0 unspecified atom stereocenters. The highest BCUT2D eigenvalue weighted by Gasteiger charge is 2.30. The molecular weight excluding hydrogens is 431 g/mol. The second-order valence-electron chi connectivity index (χ2n) is 8.17. The van der Waals surface area contributed by atoms with Crippen LogP contribution < -0.4 is 16.4 Å². The van der Waals surface area contributed by atoms with Crippen LogP contribution in [0.15, 0.2) is 54.9 Å². The lowest BCUT2D eigenvalue weighted by atomic mass is 10.0. The number of Topliss-reactive ketones (excluding diaryl/α,β-unsaturated/α-hetero) is 1. The second-order valence-corrected chi connectivity index (χ2v) is 8.17. The van der Waals surface area contributed by atoms with Gasteiger partial charge in [-0.2, -0.15) is 13.2 Å². The maximum atomic E-state index is 13.2. The lowest BCUT2D eigenvalue weighted by Gasteiger charge is -2.33. The Morgan fingerprint density at radius 3 is 2.76 bits per heavy atom. The van der Waals surface area contributed by atoms with Crippen LogP contribution in [-0.4, -0.2) is 34.9 Å².